The fourth-order valence-corrected chi connectivity index (χ4v) is 3.39. The number of fused-ring (bicyclic) bond motifs is 1. The molecule has 0 saturated carbocycles. The molecule has 2 heterocycles. The first-order valence-electron chi connectivity index (χ1n) is 8.09. The van der Waals surface area contributed by atoms with Gasteiger partial charge in [0.15, 0.2) is 0 Å². The van der Waals surface area contributed by atoms with Crippen LogP contribution in [0.2, 0.25) is 0 Å². The number of aryl methyl sites for hydroxylation is 3. The van der Waals surface area contributed by atoms with Crippen molar-refractivity contribution in [3.05, 3.63) is 29.6 Å². The predicted octanol–water partition coefficient (Wildman–Crippen LogP) is 1.52. The summed E-state index contributed by atoms with van der Waals surface area (Å²) in [7, 11) is 0. The number of hydrogen-bond donors (Lipinski definition) is 2. The second kappa shape index (κ2) is 6.16. The van der Waals surface area contributed by atoms with E-state index >= 15 is 0 Å². The summed E-state index contributed by atoms with van der Waals surface area (Å²) in [5.74, 6) is 0. The fourth-order valence-electron chi connectivity index (χ4n) is 3.39. The number of piperidine rings is 1. The Morgan fingerprint density at radius 3 is 3.05 bits per heavy atom. The van der Waals surface area contributed by atoms with E-state index in [2.05, 4.69) is 40.8 Å². The lowest BCUT2D eigenvalue weighted by atomic mass is 9.97. The maximum atomic E-state index is 10.0. The Morgan fingerprint density at radius 1 is 1.38 bits per heavy atom. The minimum atomic E-state index is -0.122. The molecular formula is C17H26N3O+. The first-order valence-corrected chi connectivity index (χ1v) is 8.09. The molecule has 4 nitrogen and oxygen atoms in total. The molecule has 3 N–H and O–H groups in total. The van der Waals surface area contributed by atoms with Crippen molar-refractivity contribution in [3.63, 3.8) is 0 Å². The number of aliphatic hydroxyl groups excluding tert-OH is 1. The molecule has 4 heteroatoms. The minimum Gasteiger partial charge on any atom is -0.387 e. The van der Waals surface area contributed by atoms with Gasteiger partial charge in [0.2, 0.25) is 0 Å². The maximum absolute atomic E-state index is 10.0. The first-order chi connectivity index (χ1) is 10.2. The van der Waals surface area contributed by atoms with Gasteiger partial charge in [0.1, 0.15) is 12.1 Å². The summed E-state index contributed by atoms with van der Waals surface area (Å²) in [5, 5.41) is 12.3. The lowest BCUT2D eigenvalue weighted by molar-refractivity contribution is -0.705. The molecule has 0 aliphatic carbocycles. The van der Waals surface area contributed by atoms with Crippen molar-refractivity contribution in [2.45, 2.75) is 58.2 Å². The van der Waals surface area contributed by atoms with Crippen molar-refractivity contribution in [2.24, 2.45) is 0 Å². The van der Waals surface area contributed by atoms with Gasteiger partial charge in [0, 0.05) is 13.0 Å². The Balaban J connectivity index is 1.64. The normalized spacial score (nSPS) is 22.8. The van der Waals surface area contributed by atoms with Gasteiger partial charge in [-0.2, -0.15) is 0 Å². The van der Waals surface area contributed by atoms with Crippen LogP contribution < -0.4 is 5.32 Å². The Morgan fingerprint density at radius 2 is 2.24 bits per heavy atom. The van der Waals surface area contributed by atoms with Crippen LogP contribution in [0.1, 0.15) is 36.8 Å². The number of aliphatic hydroxyl groups is 1. The third kappa shape index (κ3) is 2.97. The summed E-state index contributed by atoms with van der Waals surface area (Å²) in [4.78, 5) is 4.57. The monoisotopic (exact) mass is 288 g/mol. The Hall–Kier alpha value is -1.39. The highest BCUT2D eigenvalue weighted by atomic mass is 16.3. The predicted molar refractivity (Wildman–Crippen MR) is 84.3 cm³/mol. The minimum absolute atomic E-state index is 0.122. The van der Waals surface area contributed by atoms with Gasteiger partial charge >= 0.3 is 0 Å². The number of aromatic nitrogens is 2. The van der Waals surface area contributed by atoms with Gasteiger partial charge in [0.05, 0.1) is 23.9 Å². The summed E-state index contributed by atoms with van der Waals surface area (Å²) in [5.41, 5.74) is 4.93. The average molecular weight is 288 g/mol. The van der Waals surface area contributed by atoms with Gasteiger partial charge in [-0.3, -0.25) is 0 Å². The topological polar surface area (TPSA) is 54.7 Å². The van der Waals surface area contributed by atoms with Crippen molar-refractivity contribution in [1.82, 2.24) is 9.55 Å². The molecule has 0 radical (unpaired) electrons. The van der Waals surface area contributed by atoms with Crippen molar-refractivity contribution in [1.29, 1.82) is 0 Å². The van der Waals surface area contributed by atoms with Gasteiger partial charge in [-0.25, -0.2) is 4.98 Å². The maximum Gasteiger partial charge on any atom is 0.112 e. The van der Waals surface area contributed by atoms with Gasteiger partial charge in [0.25, 0.3) is 0 Å². The molecular weight excluding hydrogens is 262 g/mol. The third-order valence-corrected chi connectivity index (χ3v) is 4.92. The highest BCUT2D eigenvalue weighted by molar-refractivity contribution is 5.80. The molecule has 2 unspecified atom stereocenters. The molecule has 2 atom stereocenters. The number of nitrogens with two attached hydrogens (primary N) is 1. The van der Waals surface area contributed by atoms with E-state index in [4.69, 9.17) is 0 Å². The summed E-state index contributed by atoms with van der Waals surface area (Å²) in [6.07, 6.45) is 6.11. The van der Waals surface area contributed by atoms with Crippen LogP contribution >= 0.6 is 0 Å². The van der Waals surface area contributed by atoms with Crippen molar-refractivity contribution < 1.29 is 10.4 Å². The second-order valence-corrected chi connectivity index (χ2v) is 6.35. The zero-order valence-corrected chi connectivity index (χ0v) is 13.0. The molecule has 114 valence electrons. The quantitative estimate of drug-likeness (QED) is 0.896. The standard InChI is InChI=1S/C17H25N3O/c1-12-7-8-15-17(13(12)2)19-11-20(15)10-4-5-14-16(21)6-3-9-18-14/h7-8,11,14,16,18,21H,3-6,9-10H2,1-2H3/p+1. The summed E-state index contributed by atoms with van der Waals surface area (Å²) in [6.45, 7) is 6.42. The van der Waals surface area contributed by atoms with Gasteiger partial charge < -0.3 is 15.0 Å². The SMILES string of the molecule is Cc1ccc2c(ncn2CCCC2[NH2+]CCCC2O)c1C. The van der Waals surface area contributed by atoms with Gasteiger partial charge in [-0.15, -0.1) is 0 Å². The zero-order valence-electron chi connectivity index (χ0n) is 13.0. The molecule has 1 fully saturated rings. The summed E-state index contributed by atoms with van der Waals surface area (Å²) >= 11 is 0. The zero-order chi connectivity index (χ0) is 14.8. The number of rotatable bonds is 4. The molecule has 21 heavy (non-hydrogen) atoms. The van der Waals surface area contributed by atoms with Gasteiger partial charge in [-0.05, 0) is 50.3 Å². The molecule has 1 aromatic carbocycles. The van der Waals surface area contributed by atoms with Crippen LogP contribution in [0.4, 0.5) is 0 Å². The van der Waals surface area contributed by atoms with E-state index < -0.39 is 0 Å². The van der Waals surface area contributed by atoms with Crippen LogP contribution in [0.3, 0.4) is 0 Å². The van der Waals surface area contributed by atoms with Crippen LogP contribution in [0.15, 0.2) is 18.5 Å². The third-order valence-electron chi connectivity index (χ3n) is 4.92. The Bertz CT molecular complexity index is 620. The highest BCUT2D eigenvalue weighted by Gasteiger charge is 2.25. The highest BCUT2D eigenvalue weighted by Crippen LogP contribution is 2.20. The molecule has 2 aromatic rings. The van der Waals surface area contributed by atoms with E-state index in [1.54, 1.807) is 0 Å². The van der Waals surface area contributed by atoms with Crippen LogP contribution in [-0.4, -0.2) is 33.3 Å². The van der Waals surface area contributed by atoms with Gasteiger partial charge in [-0.1, -0.05) is 6.07 Å². The average Bonchev–Trinajstić information content (AvgIpc) is 2.89. The molecule has 0 spiro atoms. The van der Waals surface area contributed by atoms with E-state index in [1.807, 2.05) is 6.33 Å². The van der Waals surface area contributed by atoms with Crippen molar-refractivity contribution in [3.8, 4) is 0 Å². The molecule has 1 aromatic heterocycles. The number of imidazole rings is 1. The fraction of sp³-hybridized carbons (Fsp3) is 0.588. The van der Waals surface area contributed by atoms with Crippen LogP contribution in [0, 0.1) is 13.8 Å². The lowest BCUT2D eigenvalue weighted by Gasteiger charge is -2.25. The van der Waals surface area contributed by atoms with Crippen molar-refractivity contribution >= 4 is 11.0 Å². The molecule has 1 saturated heterocycles. The van der Waals surface area contributed by atoms with E-state index in [9.17, 15) is 5.11 Å². The molecule has 0 amide bonds. The molecule has 1 aliphatic rings. The molecule has 1 aliphatic heterocycles. The largest absolute Gasteiger partial charge is 0.387 e. The van der Waals surface area contributed by atoms with E-state index in [1.165, 1.54) is 16.6 Å². The van der Waals surface area contributed by atoms with E-state index in [-0.39, 0.29) is 6.10 Å². The van der Waals surface area contributed by atoms with Crippen molar-refractivity contribution in [2.75, 3.05) is 6.54 Å². The number of quaternary nitrogens is 1. The number of hydrogen-bond acceptors (Lipinski definition) is 2. The van der Waals surface area contributed by atoms with E-state index in [0.717, 1.165) is 44.3 Å². The summed E-state index contributed by atoms with van der Waals surface area (Å²) in [6, 6.07) is 4.73. The lowest BCUT2D eigenvalue weighted by Crippen LogP contribution is -2.94. The second-order valence-electron chi connectivity index (χ2n) is 6.35. The molecule has 3 rings (SSSR count). The first kappa shape index (κ1) is 14.5. The van der Waals surface area contributed by atoms with Crippen LogP contribution in [0.5, 0.6) is 0 Å². The van der Waals surface area contributed by atoms with Crippen LogP contribution in [-0.2, 0) is 6.54 Å². The Labute approximate surface area is 126 Å². The Kier molecular flexibility index (Phi) is 4.27. The molecule has 0 bridgehead atoms. The smallest absolute Gasteiger partial charge is 0.112 e. The van der Waals surface area contributed by atoms with E-state index in [0.29, 0.717) is 6.04 Å². The number of benzene rings is 1. The number of nitrogens with zero attached hydrogens (tertiary/aromatic N) is 2. The van der Waals surface area contributed by atoms with Crippen LogP contribution in [0.25, 0.3) is 11.0 Å². The summed E-state index contributed by atoms with van der Waals surface area (Å²) < 4.78 is 2.25.